The number of carbonyl (C=O) groups excluding carboxylic acids is 1. The Morgan fingerprint density at radius 2 is 2.12 bits per heavy atom. The van der Waals surface area contributed by atoms with Crippen LogP contribution in [0.15, 0.2) is 30.9 Å². The van der Waals surface area contributed by atoms with Gasteiger partial charge in [-0.1, -0.05) is 12.6 Å². The van der Waals surface area contributed by atoms with Crippen molar-refractivity contribution in [1.82, 2.24) is 9.88 Å². The van der Waals surface area contributed by atoms with Crippen LogP contribution >= 0.6 is 0 Å². The summed E-state index contributed by atoms with van der Waals surface area (Å²) in [7, 11) is 0. The van der Waals surface area contributed by atoms with Gasteiger partial charge in [-0.05, 0) is 73.4 Å². The van der Waals surface area contributed by atoms with Crippen LogP contribution in [-0.4, -0.2) is 47.1 Å². The summed E-state index contributed by atoms with van der Waals surface area (Å²) in [4.78, 5) is 21.2. The normalized spacial score (nSPS) is 24.0. The molecule has 1 aromatic heterocycles. The average Bonchev–Trinajstić information content (AvgIpc) is 3.22. The minimum Gasteiger partial charge on any atom is -0.508 e. The molecule has 3 aliphatic carbocycles. The van der Waals surface area contributed by atoms with Crippen LogP contribution in [0.1, 0.15) is 47.6 Å². The van der Waals surface area contributed by atoms with Gasteiger partial charge < -0.3 is 14.9 Å². The van der Waals surface area contributed by atoms with Crippen LogP contribution in [0.2, 0.25) is 0 Å². The number of carbonyl (C=O) groups is 1. The second-order valence-corrected chi connectivity index (χ2v) is 10.5. The lowest BCUT2D eigenvalue weighted by Gasteiger charge is -2.47. The van der Waals surface area contributed by atoms with Crippen LogP contribution in [0.5, 0.6) is 5.75 Å². The minimum absolute atomic E-state index is 0.00937. The number of aromatic hydroxyl groups is 1. The molecule has 1 amide bonds. The molecule has 1 N–H and O–H groups in total. The number of benzene rings is 1. The van der Waals surface area contributed by atoms with Crippen LogP contribution in [0, 0.1) is 29.6 Å². The summed E-state index contributed by atoms with van der Waals surface area (Å²) >= 11 is 0. The van der Waals surface area contributed by atoms with Gasteiger partial charge in [-0.3, -0.25) is 4.79 Å². The molecule has 3 heterocycles. The number of phenols is 1. The first-order valence-corrected chi connectivity index (χ1v) is 11.8. The van der Waals surface area contributed by atoms with E-state index in [1.54, 1.807) is 12.1 Å². The third-order valence-corrected chi connectivity index (χ3v) is 8.31. The summed E-state index contributed by atoms with van der Waals surface area (Å²) in [6.45, 7) is 8.76. The first-order chi connectivity index (χ1) is 15.9. The molecule has 2 saturated heterocycles. The monoisotopic (exact) mass is 440 g/mol. The van der Waals surface area contributed by atoms with E-state index in [1.165, 1.54) is 24.5 Å². The van der Waals surface area contributed by atoms with Crippen LogP contribution in [0.25, 0.3) is 11.1 Å². The van der Waals surface area contributed by atoms with E-state index in [2.05, 4.69) is 17.5 Å². The molecule has 1 spiro atoms. The fraction of sp³-hybridized carbons (Fsp3) is 0.444. The van der Waals surface area contributed by atoms with Gasteiger partial charge in [0.2, 0.25) is 5.91 Å². The summed E-state index contributed by atoms with van der Waals surface area (Å²) in [5.41, 5.74) is 6.02. The summed E-state index contributed by atoms with van der Waals surface area (Å²) < 4.78 is 0. The number of nitrogens with zero attached hydrogens (tertiary/aromatic N) is 4. The maximum absolute atomic E-state index is 12.0. The Kier molecular flexibility index (Phi) is 4.35. The van der Waals surface area contributed by atoms with E-state index in [0.717, 1.165) is 67.2 Å². The van der Waals surface area contributed by atoms with Gasteiger partial charge in [0.1, 0.15) is 23.2 Å². The number of nitriles is 1. The number of aromatic nitrogens is 1. The molecule has 5 aliphatic rings. The predicted octanol–water partition coefficient (Wildman–Crippen LogP) is 3.91. The Balaban J connectivity index is 1.44. The number of aryl methyl sites for hydroxylation is 1. The summed E-state index contributed by atoms with van der Waals surface area (Å²) in [6.07, 6.45) is 5.71. The smallest absolute Gasteiger partial charge is 0.245 e. The van der Waals surface area contributed by atoms with Gasteiger partial charge in [0.25, 0.3) is 0 Å². The lowest BCUT2D eigenvalue weighted by Crippen LogP contribution is -2.59. The molecule has 1 saturated carbocycles. The number of hydrogen-bond acceptors (Lipinski definition) is 5. The van der Waals surface area contributed by atoms with E-state index < -0.39 is 0 Å². The topological polar surface area (TPSA) is 80.5 Å². The molecule has 7 rings (SSSR count). The van der Waals surface area contributed by atoms with Gasteiger partial charge in [-0.25, -0.2) is 4.98 Å². The van der Waals surface area contributed by atoms with E-state index in [4.69, 9.17) is 4.98 Å². The molecule has 0 unspecified atom stereocenters. The van der Waals surface area contributed by atoms with Crippen molar-refractivity contribution >= 4 is 11.7 Å². The predicted molar refractivity (Wildman–Crippen MR) is 126 cm³/mol. The van der Waals surface area contributed by atoms with E-state index in [1.807, 2.05) is 17.9 Å². The molecule has 33 heavy (non-hydrogen) atoms. The highest BCUT2D eigenvalue weighted by molar-refractivity contribution is 5.88. The van der Waals surface area contributed by atoms with Crippen molar-refractivity contribution in [2.45, 2.75) is 38.5 Å². The molecule has 1 aromatic carbocycles. The standard InChI is InChI=1S/C27H28N4O2/c1-3-23(33)31-14-27(15-31)6-7-30(13-27)26-22(12-28)24(20-11-19(32)5-4-16(20)2)21-10-17-8-18(9-17)25(21)29-26/h3-5,11,17-18,32H,1,6-10,13-15H2,2H3/t17-,18+. The van der Waals surface area contributed by atoms with E-state index in [0.29, 0.717) is 17.4 Å². The van der Waals surface area contributed by atoms with Crippen molar-refractivity contribution < 1.29 is 9.90 Å². The van der Waals surface area contributed by atoms with Gasteiger partial charge in [-0.15, -0.1) is 0 Å². The van der Waals surface area contributed by atoms with Crippen molar-refractivity contribution in [1.29, 1.82) is 5.26 Å². The van der Waals surface area contributed by atoms with Crippen molar-refractivity contribution in [2.75, 3.05) is 31.1 Å². The SMILES string of the molecule is C=CC(=O)N1CC2(CCN(c3nc4c(c(-c5cc(O)ccc5C)c3C#N)C[C@H]3C[C@@H]4C3)C2)C1. The molecule has 6 heteroatoms. The number of amides is 1. The van der Waals surface area contributed by atoms with Gasteiger partial charge in [-0.2, -0.15) is 5.26 Å². The van der Waals surface area contributed by atoms with Crippen molar-refractivity contribution in [2.24, 2.45) is 11.3 Å². The fourth-order valence-electron chi connectivity index (χ4n) is 6.52. The van der Waals surface area contributed by atoms with Crippen molar-refractivity contribution in [3.05, 3.63) is 53.2 Å². The Hall–Kier alpha value is -3.33. The lowest BCUT2D eigenvalue weighted by molar-refractivity contribution is -0.136. The number of hydrogen-bond donors (Lipinski definition) is 1. The number of anilines is 1. The molecule has 0 atom stereocenters. The first-order valence-electron chi connectivity index (χ1n) is 11.8. The zero-order chi connectivity index (χ0) is 22.9. The number of pyridine rings is 1. The summed E-state index contributed by atoms with van der Waals surface area (Å²) in [5.74, 6) is 2.14. The zero-order valence-electron chi connectivity index (χ0n) is 19.0. The van der Waals surface area contributed by atoms with Crippen molar-refractivity contribution in [3.8, 4) is 22.9 Å². The van der Waals surface area contributed by atoms with E-state index in [-0.39, 0.29) is 17.1 Å². The number of likely N-dealkylation sites (tertiary alicyclic amines) is 1. The Bertz CT molecular complexity index is 1230. The van der Waals surface area contributed by atoms with Gasteiger partial charge in [0.05, 0.1) is 0 Å². The Morgan fingerprint density at radius 1 is 1.33 bits per heavy atom. The third-order valence-electron chi connectivity index (χ3n) is 8.31. The summed E-state index contributed by atoms with van der Waals surface area (Å²) in [6, 6.07) is 7.92. The first kappa shape index (κ1) is 20.3. The van der Waals surface area contributed by atoms with E-state index in [9.17, 15) is 15.2 Å². The third kappa shape index (κ3) is 2.98. The Morgan fingerprint density at radius 3 is 2.85 bits per heavy atom. The maximum atomic E-state index is 12.0. The van der Waals surface area contributed by atoms with Crippen LogP contribution < -0.4 is 4.90 Å². The molecular weight excluding hydrogens is 412 g/mol. The van der Waals surface area contributed by atoms with Gasteiger partial charge in [0.15, 0.2) is 0 Å². The second kappa shape index (κ2) is 7.08. The molecule has 2 aromatic rings. The number of rotatable bonds is 3. The molecule has 3 fully saturated rings. The van der Waals surface area contributed by atoms with Crippen LogP contribution in [0.3, 0.4) is 0 Å². The van der Waals surface area contributed by atoms with Gasteiger partial charge in [0, 0.05) is 48.8 Å². The van der Waals surface area contributed by atoms with Gasteiger partial charge >= 0.3 is 0 Å². The molecule has 0 radical (unpaired) electrons. The quantitative estimate of drug-likeness (QED) is 0.732. The Labute approximate surface area is 194 Å². The lowest BCUT2D eigenvalue weighted by atomic mass is 9.63. The molecular formula is C27H28N4O2. The van der Waals surface area contributed by atoms with E-state index >= 15 is 0 Å². The molecule has 2 bridgehead atoms. The number of phenolic OH excluding ortho intramolecular Hbond substituents is 1. The molecule has 2 aliphatic heterocycles. The highest BCUT2D eigenvalue weighted by Gasteiger charge is 2.50. The highest BCUT2D eigenvalue weighted by atomic mass is 16.3. The minimum atomic E-state index is -0.00937. The average molecular weight is 441 g/mol. The highest BCUT2D eigenvalue weighted by Crippen LogP contribution is 2.53. The van der Waals surface area contributed by atoms with Crippen LogP contribution in [-0.2, 0) is 11.2 Å². The van der Waals surface area contributed by atoms with Crippen molar-refractivity contribution in [3.63, 3.8) is 0 Å². The summed E-state index contributed by atoms with van der Waals surface area (Å²) in [5, 5.41) is 20.6. The largest absolute Gasteiger partial charge is 0.508 e. The molecule has 6 nitrogen and oxygen atoms in total. The fourth-order valence-corrected chi connectivity index (χ4v) is 6.52. The second-order valence-electron chi connectivity index (χ2n) is 10.5. The van der Waals surface area contributed by atoms with Crippen LogP contribution in [0.4, 0.5) is 5.82 Å². The zero-order valence-corrected chi connectivity index (χ0v) is 19.0. The molecule has 168 valence electrons. The maximum Gasteiger partial charge on any atom is 0.245 e.